The van der Waals surface area contributed by atoms with Crippen molar-refractivity contribution in [2.45, 2.75) is 13.0 Å². The van der Waals surface area contributed by atoms with E-state index in [0.717, 1.165) is 30.5 Å². The van der Waals surface area contributed by atoms with Crippen LogP contribution in [-0.2, 0) is 6.54 Å². The van der Waals surface area contributed by atoms with E-state index in [1.54, 1.807) is 6.07 Å². The molecule has 0 unspecified atom stereocenters. The third-order valence-electron chi connectivity index (χ3n) is 4.32. The molecule has 0 saturated carbocycles. The van der Waals surface area contributed by atoms with Crippen molar-refractivity contribution in [3.63, 3.8) is 0 Å². The highest BCUT2D eigenvalue weighted by molar-refractivity contribution is 9.10. The summed E-state index contributed by atoms with van der Waals surface area (Å²) in [4.78, 5) is 16.7. The summed E-state index contributed by atoms with van der Waals surface area (Å²) < 4.78 is 14.8. The van der Waals surface area contributed by atoms with Crippen molar-refractivity contribution in [1.82, 2.24) is 9.80 Å². The Bertz CT molecular complexity index is 705. The van der Waals surface area contributed by atoms with Crippen LogP contribution >= 0.6 is 15.9 Å². The molecule has 1 heterocycles. The van der Waals surface area contributed by atoms with Crippen LogP contribution < -0.4 is 0 Å². The van der Waals surface area contributed by atoms with Crippen LogP contribution in [0.25, 0.3) is 0 Å². The molecule has 1 aliphatic rings. The zero-order valence-electron chi connectivity index (χ0n) is 13.4. The lowest BCUT2D eigenvalue weighted by Gasteiger charge is -2.22. The number of carbonyl (C=O) groups excluding carboxylic acids is 1. The minimum atomic E-state index is -0.162. The van der Waals surface area contributed by atoms with Gasteiger partial charge in [-0.1, -0.05) is 34.1 Å². The van der Waals surface area contributed by atoms with Gasteiger partial charge in [-0.3, -0.25) is 9.69 Å². The second kappa shape index (κ2) is 7.90. The molecule has 126 valence electrons. The lowest BCUT2D eigenvalue weighted by molar-refractivity contribution is 0.0761. The van der Waals surface area contributed by atoms with E-state index in [1.165, 1.54) is 6.07 Å². The van der Waals surface area contributed by atoms with Gasteiger partial charge in [0.05, 0.1) is 0 Å². The first-order valence-corrected chi connectivity index (χ1v) is 8.93. The molecule has 3 rings (SSSR count). The van der Waals surface area contributed by atoms with Crippen LogP contribution in [0.4, 0.5) is 4.39 Å². The molecule has 2 aromatic rings. The second-order valence-electron chi connectivity index (χ2n) is 6.02. The first-order chi connectivity index (χ1) is 11.6. The molecule has 1 aliphatic heterocycles. The quantitative estimate of drug-likeness (QED) is 0.792. The standard InChI is InChI=1S/C19H20BrFN2O/c20-17-8-6-15(7-9-17)19(24)23-11-3-10-22(12-13-23)14-16-4-1-2-5-18(16)21/h1-2,4-9H,3,10-14H2. The highest BCUT2D eigenvalue weighted by Gasteiger charge is 2.20. The maximum Gasteiger partial charge on any atom is 0.253 e. The second-order valence-corrected chi connectivity index (χ2v) is 6.94. The number of hydrogen-bond acceptors (Lipinski definition) is 2. The van der Waals surface area contributed by atoms with Crippen molar-refractivity contribution < 1.29 is 9.18 Å². The maximum absolute atomic E-state index is 13.8. The smallest absolute Gasteiger partial charge is 0.253 e. The van der Waals surface area contributed by atoms with Crippen molar-refractivity contribution in [3.05, 3.63) is 69.9 Å². The molecule has 0 radical (unpaired) electrons. The van der Waals surface area contributed by atoms with Crippen LogP contribution in [0.15, 0.2) is 53.0 Å². The average Bonchev–Trinajstić information content (AvgIpc) is 2.83. The van der Waals surface area contributed by atoms with Gasteiger partial charge in [0, 0.05) is 48.3 Å². The molecule has 0 N–H and O–H groups in total. The van der Waals surface area contributed by atoms with E-state index in [0.29, 0.717) is 24.2 Å². The number of benzene rings is 2. The van der Waals surface area contributed by atoms with Gasteiger partial charge < -0.3 is 4.90 Å². The molecule has 1 saturated heterocycles. The Morgan fingerprint density at radius 1 is 1.00 bits per heavy atom. The van der Waals surface area contributed by atoms with Gasteiger partial charge >= 0.3 is 0 Å². The molecule has 0 aromatic heterocycles. The monoisotopic (exact) mass is 390 g/mol. The van der Waals surface area contributed by atoms with E-state index < -0.39 is 0 Å². The fourth-order valence-electron chi connectivity index (χ4n) is 2.97. The Labute approximate surface area is 150 Å². The van der Waals surface area contributed by atoms with E-state index >= 15 is 0 Å². The summed E-state index contributed by atoms with van der Waals surface area (Å²) in [6.45, 7) is 3.63. The number of nitrogens with zero attached hydrogens (tertiary/aromatic N) is 2. The van der Waals surface area contributed by atoms with E-state index in [9.17, 15) is 9.18 Å². The molecule has 0 spiro atoms. The van der Waals surface area contributed by atoms with Crippen molar-refractivity contribution in [1.29, 1.82) is 0 Å². The predicted octanol–water partition coefficient (Wildman–Crippen LogP) is 3.94. The molecular weight excluding hydrogens is 371 g/mol. The van der Waals surface area contributed by atoms with E-state index in [-0.39, 0.29) is 11.7 Å². The van der Waals surface area contributed by atoms with Crippen LogP contribution in [0.5, 0.6) is 0 Å². The molecule has 5 heteroatoms. The van der Waals surface area contributed by atoms with E-state index in [2.05, 4.69) is 20.8 Å². The number of carbonyl (C=O) groups is 1. The topological polar surface area (TPSA) is 23.6 Å². The van der Waals surface area contributed by atoms with Crippen molar-refractivity contribution in [3.8, 4) is 0 Å². The fourth-order valence-corrected chi connectivity index (χ4v) is 3.24. The molecule has 1 amide bonds. The summed E-state index contributed by atoms with van der Waals surface area (Å²) in [6.07, 6.45) is 0.900. The van der Waals surface area contributed by atoms with Crippen molar-refractivity contribution in [2.75, 3.05) is 26.2 Å². The Hall–Kier alpha value is -1.72. The van der Waals surface area contributed by atoms with Gasteiger partial charge in [0.2, 0.25) is 0 Å². The summed E-state index contributed by atoms with van der Waals surface area (Å²) in [5, 5.41) is 0. The zero-order chi connectivity index (χ0) is 16.9. The number of amides is 1. The highest BCUT2D eigenvalue weighted by atomic mass is 79.9. The maximum atomic E-state index is 13.8. The summed E-state index contributed by atoms with van der Waals surface area (Å²) in [6, 6.07) is 14.3. The third kappa shape index (κ3) is 4.22. The van der Waals surface area contributed by atoms with Crippen LogP contribution in [0.2, 0.25) is 0 Å². The molecular formula is C19H20BrFN2O. The summed E-state index contributed by atoms with van der Waals surface area (Å²) in [5.41, 5.74) is 1.42. The average molecular weight is 391 g/mol. The molecule has 1 fully saturated rings. The van der Waals surface area contributed by atoms with E-state index in [1.807, 2.05) is 41.3 Å². The summed E-state index contributed by atoms with van der Waals surface area (Å²) in [5.74, 6) is -0.0974. The van der Waals surface area contributed by atoms with Gasteiger partial charge in [-0.15, -0.1) is 0 Å². The number of halogens is 2. The molecule has 24 heavy (non-hydrogen) atoms. The molecule has 3 nitrogen and oxygen atoms in total. The fraction of sp³-hybridized carbons (Fsp3) is 0.316. The lowest BCUT2D eigenvalue weighted by Crippen LogP contribution is -2.35. The normalized spacial score (nSPS) is 16.0. The molecule has 2 aromatic carbocycles. The van der Waals surface area contributed by atoms with Crippen LogP contribution in [0, 0.1) is 5.82 Å². The number of rotatable bonds is 3. The van der Waals surface area contributed by atoms with Gasteiger partial charge in [-0.25, -0.2) is 4.39 Å². The van der Waals surface area contributed by atoms with E-state index in [4.69, 9.17) is 0 Å². The Morgan fingerprint density at radius 3 is 2.50 bits per heavy atom. The lowest BCUT2D eigenvalue weighted by atomic mass is 10.2. The Morgan fingerprint density at radius 2 is 1.75 bits per heavy atom. The minimum absolute atomic E-state index is 0.0650. The molecule has 0 bridgehead atoms. The minimum Gasteiger partial charge on any atom is -0.337 e. The van der Waals surface area contributed by atoms with Gasteiger partial charge in [-0.05, 0) is 36.8 Å². The van der Waals surface area contributed by atoms with Crippen molar-refractivity contribution >= 4 is 21.8 Å². The van der Waals surface area contributed by atoms with Crippen molar-refractivity contribution in [2.24, 2.45) is 0 Å². The van der Waals surface area contributed by atoms with Gasteiger partial charge in [0.25, 0.3) is 5.91 Å². The van der Waals surface area contributed by atoms with Crippen LogP contribution in [-0.4, -0.2) is 41.9 Å². The third-order valence-corrected chi connectivity index (χ3v) is 4.85. The highest BCUT2D eigenvalue weighted by Crippen LogP contribution is 2.15. The van der Waals surface area contributed by atoms with Gasteiger partial charge in [0.15, 0.2) is 0 Å². The summed E-state index contributed by atoms with van der Waals surface area (Å²) in [7, 11) is 0. The SMILES string of the molecule is O=C(c1ccc(Br)cc1)N1CCCN(Cc2ccccc2F)CC1. The van der Waals surface area contributed by atoms with Crippen LogP contribution in [0.3, 0.4) is 0 Å². The first kappa shape index (κ1) is 17.1. The molecule has 0 atom stereocenters. The predicted molar refractivity (Wildman–Crippen MR) is 96.3 cm³/mol. The Kier molecular flexibility index (Phi) is 5.63. The Balaban J connectivity index is 1.61. The van der Waals surface area contributed by atoms with Crippen LogP contribution in [0.1, 0.15) is 22.3 Å². The summed E-state index contributed by atoms with van der Waals surface area (Å²) >= 11 is 3.39. The zero-order valence-corrected chi connectivity index (χ0v) is 15.0. The molecule has 0 aliphatic carbocycles. The first-order valence-electron chi connectivity index (χ1n) is 8.14. The van der Waals surface area contributed by atoms with Gasteiger partial charge in [-0.2, -0.15) is 0 Å². The van der Waals surface area contributed by atoms with Gasteiger partial charge in [0.1, 0.15) is 5.82 Å². The largest absolute Gasteiger partial charge is 0.337 e. The number of hydrogen-bond donors (Lipinski definition) is 0.